The van der Waals surface area contributed by atoms with E-state index in [9.17, 15) is 4.79 Å². The lowest BCUT2D eigenvalue weighted by atomic mass is 9.69. The van der Waals surface area contributed by atoms with Crippen molar-refractivity contribution in [3.63, 3.8) is 0 Å². The van der Waals surface area contributed by atoms with Gasteiger partial charge in [-0.25, -0.2) is 5.43 Å². The molecule has 1 fully saturated rings. The molecule has 2 aromatic rings. The maximum atomic E-state index is 12.4. The van der Waals surface area contributed by atoms with E-state index in [1.165, 1.54) is 19.3 Å². The average Bonchev–Trinajstić information content (AvgIpc) is 2.73. The number of nitrogens with one attached hydrogen (secondary N) is 1. The van der Waals surface area contributed by atoms with Gasteiger partial charge in [-0.1, -0.05) is 69.7 Å². The fourth-order valence-corrected chi connectivity index (χ4v) is 3.77. The van der Waals surface area contributed by atoms with E-state index in [0.29, 0.717) is 11.0 Å². The summed E-state index contributed by atoms with van der Waals surface area (Å²) in [6.07, 6.45) is 5.52. The summed E-state index contributed by atoms with van der Waals surface area (Å²) in [6, 6.07) is 17.8. The number of hydrogen-bond acceptors (Lipinski definition) is 2. The van der Waals surface area contributed by atoms with E-state index in [1.807, 2.05) is 42.5 Å². The van der Waals surface area contributed by atoms with Gasteiger partial charge in [0.2, 0.25) is 0 Å². The van der Waals surface area contributed by atoms with Gasteiger partial charge in [-0.15, -0.1) is 0 Å². The molecule has 1 aliphatic carbocycles. The Morgan fingerprint density at radius 2 is 1.59 bits per heavy atom. The van der Waals surface area contributed by atoms with Crippen LogP contribution in [0.5, 0.6) is 0 Å². The molecule has 1 N–H and O–H groups in total. The zero-order valence-corrected chi connectivity index (χ0v) is 16.7. The number of benzene rings is 2. The lowest BCUT2D eigenvalue weighted by Crippen LogP contribution is -2.29. The molecule has 0 radical (unpaired) electrons. The van der Waals surface area contributed by atoms with Gasteiger partial charge in [0.05, 0.1) is 0 Å². The zero-order valence-electron chi connectivity index (χ0n) is 16.7. The third-order valence-corrected chi connectivity index (χ3v) is 6.15. The van der Waals surface area contributed by atoms with Gasteiger partial charge in [0, 0.05) is 11.3 Å². The molecule has 3 heteroatoms. The summed E-state index contributed by atoms with van der Waals surface area (Å²) in [5, 5.41) is 4.40. The summed E-state index contributed by atoms with van der Waals surface area (Å²) in [5.41, 5.74) is 7.16. The summed E-state index contributed by atoms with van der Waals surface area (Å²) in [5.74, 6) is 0.612. The van der Waals surface area contributed by atoms with Crippen LogP contribution in [-0.2, 0) is 0 Å². The highest BCUT2D eigenvalue weighted by Gasteiger charge is 2.30. The second-order valence-corrected chi connectivity index (χ2v) is 8.18. The minimum absolute atomic E-state index is 0.141. The monoisotopic (exact) mass is 362 g/mol. The van der Waals surface area contributed by atoms with Gasteiger partial charge in [0.1, 0.15) is 0 Å². The Balaban J connectivity index is 1.56. The fourth-order valence-electron chi connectivity index (χ4n) is 3.77. The number of carbonyl (C=O) groups is 1. The second kappa shape index (κ2) is 8.51. The molecule has 0 spiro atoms. The van der Waals surface area contributed by atoms with Crippen molar-refractivity contribution in [3.8, 4) is 11.1 Å². The van der Waals surface area contributed by atoms with Crippen LogP contribution in [0.25, 0.3) is 11.1 Å². The molecule has 3 rings (SSSR count). The summed E-state index contributed by atoms with van der Waals surface area (Å²) in [6.45, 7) is 6.99. The van der Waals surface area contributed by atoms with E-state index in [0.717, 1.165) is 35.6 Å². The highest BCUT2D eigenvalue weighted by atomic mass is 16.2. The van der Waals surface area contributed by atoms with Crippen LogP contribution in [0.1, 0.15) is 63.2 Å². The van der Waals surface area contributed by atoms with Crippen LogP contribution >= 0.6 is 0 Å². The average molecular weight is 363 g/mol. The molecule has 0 atom stereocenters. The third-order valence-electron chi connectivity index (χ3n) is 6.15. The zero-order chi connectivity index (χ0) is 19.3. The Kier molecular flexibility index (Phi) is 6.10. The first kappa shape index (κ1) is 19.3. The lowest BCUT2D eigenvalue weighted by Gasteiger charge is -2.36. The molecule has 1 saturated carbocycles. The van der Waals surface area contributed by atoms with Crippen LogP contribution in [0.3, 0.4) is 0 Å². The van der Waals surface area contributed by atoms with Crippen molar-refractivity contribution in [1.82, 2.24) is 5.43 Å². The van der Waals surface area contributed by atoms with Gasteiger partial charge < -0.3 is 0 Å². The number of hydrazone groups is 1. The summed E-state index contributed by atoms with van der Waals surface area (Å²) < 4.78 is 0. The molecular weight excluding hydrogens is 332 g/mol. The second-order valence-electron chi connectivity index (χ2n) is 8.18. The van der Waals surface area contributed by atoms with Crippen LogP contribution < -0.4 is 5.43 Å². The van der Waals surface area contributed by atoms with Gasteiger partial charge in [0.15, 0.2) is 0 Å². The molecule has 142 valence electrons. The Morgan fingerprint density at radius 3 is 2.19 bits per heavy atom. The standard InChI is InChI=1S/C24H30N2O/c1-4-24(2,3)21-14-16-22(17-15-21)25-26-23(27)20-12-10-19(11-13-20)18-8-6-5-7-9-18/h5-13,21H,4,14-17H2,1-3H3,(H,26,27). The molecule has 0 aromatic heterocycles. The molecule has 0 bridgehead atoms. The van der Waals surface area contributed by atoms with E-state index in [4.69, 9.17) is 0 Å². The van der Waals surface area contributed by atoms with Crippen molar-refractivity contribution in [2.45, 2.75) is 52.9 Å². The van der Waals surface area contributed by atoms with E-state index in [-0.39, 0.29) is 5.91 Å². The highest BCUT2D eigenvalue weighted by Crippen LogP contribution is 2.39. The first-order valence-corrected chi connectivity index (χ1v) is 10.0. The molecule has 1 aliphatic rings. The maximum absolute atomic E-state index is 12.4. The molecule has 0 unspecified atom stereocenters. The fraction of sp³-hybridized carbons (Fsp3) is 0.417. The number of hydrogen-bond donors (Lipinski definition) is 1. The van der Waals surface area contributed by atoms with E-state index in [1.54, 1.807) is 0 Å². The van der Waals surface area contributed by atoms with E-state index in [2.05, 4.69) is 43.4 Å². The molecule has 27 heavy (non-hydrogen) atoms. The SMILES string of the molecule is CCC(C)(C)C1CCC(=NNC(=O)c2ccc(-c3ccccc3)cc2)CC1. The topological polar surface area (TPSA) is 41.5 Å². The molecule has 1 amide bonds. The van der Waals surface area contributed by atoms with Gasteiger partial charge in [-0.2, -0.15) is 5.10 Å². The first-order valence-electron chi connectivity index (χ1n) is 10.0. The number of amides is 1. The molecule has 0 saturated heterocycles. The lowest BCUT2D eigenvalue weighted by molar-refractivity contribution is 0.0954. The minimum Gasteiger partial charge on any atom is -0.267 e. The highest BCUT2D eigenvalue weighted by molar-refractivity contribution is 5.96. The van der Waals surface area contributed by atoms with Crippen molar-refractivity contribution in [2.24, 2.45) is 16.4 Å². The summed E-state index contributed by atoms with van der Waals surface area (Å²) >= 11 is 0. The largest absolute Gasteiger partial charge is 0.271 e. The summed E-state index contributed by atoms with van der Waals surface area (Å²) in [4.78, 5) is 12.4. The van der Waals surface area contributed by atoms with Crippen LogP contribution in [0.4, 0.5) is 0 Å². The molecule has 3 nitrogen and oxygen atoms in total. The first-order chi connectivity index (χ1) is 13.0. The normalized spacial score (nSPS) is 17.4. The van der Waals surface area contributed by atoms with Gasteiger partial charge in [-0.3, -0.25) is 4.79 Å². The van der Waals surface area contributed by atoms with Gasteiger partial charge in [-0.05, 0) is 60.3 Å². The van der Waals surface area contributed by atoms with Crippen LogP contribution in [0, 0.1) is 11.3 Å². The Morgan fingerprint density at radius 1 is 1.00 bits per heavy atom. The predicted octanol–water partition coefficient (Wildman–Crippen LogP) is 6.07. The molecule has 2 aromatic carbocycles. The third kappa shape index (κ3) is 4.85. The predicted molar refractivity (Wildman–Crippen MR) is 113 cm³/mol. The molecule has 0 heterocycles. The van der Waals surface area contributed by atoms with Crippen LogP contribution in [-0.4, -0.2) is 11.6 Å². The minimum atomic E-state index is -0.141. The van der Waals surface area contributed by atoms with Crippen molar-refractivity contribution in [1.29, 1.82) is 0 Å². The number of nitrogens with zero attached hydrogens (tertiary/aromatic N) is 1. The quantitative estimate of drug-likeness (QED) is 0.645. The van der Waals surface area contributed by atoms with Gasteiger partial charge >= 0.3 is 0 Å². The van der Waals surface area contributed by atoms with Crippen molar-refractivity contribution >= 4 is 11.6 Å². The number of carbonyl (C=O) groups excluding carboxylic acids is 1. The van der Waals surface area contributed by atoms with Crippen molar-refractivity contribution in [2.75, 3.05) is 0 Å². The molecule has 0 aliphatic heterocycles. The Hall–Kier alpha value is -2.42. The van der Waals surface area contributed by atoms with Crippen LogP contribution in [0.2, 0.25) is 0 Å². The van der Waals surface area contributed by atoms with Gasteiger partial charge in [0.25, 0.3) is 5.91 Å². The Labute approximate surface area is 162 Å². The van der Waals surface area contributed by atoms with Crippen molar-refractivity contribution < 1.29 is 4.79 Å². The Bertz CT molecular complexity index is 781. The molecular formula is C24H30N2O. The smallest absolute Gasteiger partial charge is 0.267 e. The number of rotatable bonds is 5. The van der Waals surface area contributed by atoms with Crippen molar-refractivity contribution in [3.05, 3.63) is 60.2 Å². The van der Waals surface area contributed by atoms with E-state index < -0.39 is 0 Å². The van der Waals surface area contributed by atoms with Crippen LogP contribution in [0.15, 0.2) is 59.7 Å². The summed E-state index contributed by atoms with van der Waals surface area (Å²) in [7, 11) is 0. The maximum Gasteiger partial charge on any atom is 0.271 e. The van der Waals surface area contributed by atoms with E-state index >= 15 is 0 Å².